The maximum Gasteiger partial charge on any atom is 0.247 e. The highest BCUT2D eigenvalue weighted by Crippen LogP contribution is 2.28. The van der Waals surface area contributed by atoms with Crippen molar-refractivity contribution >= 4 is 38.9 Å². The van der Waals surface area contributed by atoms with Crippen LogP contribution in [0.25, 0.3) is 0 Å². The highest BCUT2D eigenvalue weighted by atomic mass is 35.5. The molecule has 0 fully saturated rings. The van der Waals surface area contributed by atoms with Gasteiger partial charge in [0, 0.05) is 16.8 Å². The Morgan fingerprint density at radius 2 is 1.96 bits per heavy atom. The molecule has 0 spiro atoms. The van der Waals surface area contributed by atoms with Gasteiger partial charge in [0.1, 0.15) is 11.8 Å². The van der Waals surface area contributed by atoms with E-state index in [0.717, 1.165) is 10.6 Å². The number of halogens is 1. The zero-order valence-electron chi connectivity index (χ0n) is 15.7. The molecule has 0 unspecified atom stereocenters. The number of benzene rings is 2. The van der Waals surface area contributed by atoms with Crippen LogP contribution >= 0.6 is 11.6 Å². The number of hydrogen-bond acceptors (Lipinski definition) is 4. The number of anilines is 2. The van der Waals surface area contributed by atoms with Crippen molar-refractivity contribution in [1.29, 1.82) is 0 Å². The van der Waals surface area contributed by atoms with Gasteiger partial charge in [0.25, 0.3) is 0 Å². The van der Waals surface area contributed by atoms with Crippen molar-refractivity contribution < 1.29 is 17.9 Å². The third kappa shape index (κ3) is 5.37. The number of rotatable bonds is 7. The smallest absolute Gasteiger partial charge is 0.247 e. The summed E-state index contributed by atoms with van der Waals surface area (Å²) in [5.74, 6) is 0.155. The van der Waals surface area contributed by atoms with E-state index < -0.39 is 22.0 Å². The van der Waals surface area contributed by atoms with Crippen LogP contribution in [0.3, 0.4) is 0 Å². The first-order valence-electron chi connectivity index (χ1n) is 8.42. The molecule has 27 heavy (non-hydrogen) atoms. The minimum atomic E-state index is -3.72. The molecule has 1 N–H and O–H groups in total. The van der Waals surface area contributed by atoms with Crippen molar-refractivity contribution in [2.75, 3.05) is 22.5 Å². The average Bonchev–Trinajstić information content (AvgIpc) is 2.57. The summed E-state index contributed by atoms with van der Waals surface area (Å²) < 4.78 is 31.3. The molecule has 0 bridgehead atoms. The first-order chi connectivity index (χ1) is 12.6. The van der Waals surface area contributed by atoms with Gasteiger partial charge in [0.15, 0.2) is 0 Å². The normalized spacial score (nSPS) is 12.3. The molecule has 0 aliphatic carbocycles. The Morgan fingerprint density at radius 3 is 2.59 bits per heavy atom. The highest BCUT2D eigenvalue weighted by molar-refractivity contribution is 7.92. The van der Waals surface area contributed by atoms with E-state index in [2.05, 4.69) is 5.32 Å². The number of sulfonamides is 1. The van der Waals surface area contributed by atoms with Crippen molar-refractivity contribution in [2.45, 2.75) is 26.8 Å². The van der Waals surface area contributed by atoms with Gasteiger partial charge in [-0.05, 0) is 50.6 Å². The third-order valence-corrected chi connectivity index (χ3v) is 5.37. The van der Waals surface area contributed by atoms with Gasteiger partial charge in [-0.2, -0.15) is 0 Å². The van der Waals surface area contributed by atoms with Gasteiger partial charge in [-0.15, -0.1) is 0 Å². The first-order valence-corrected chi connectivity index (χ1v) is 10.7. The molecule has 146 valence electrons. The van der Waals surface area contributed by atoms with Crippen LogP contribution in [-0.2, 0) is 14.8 Å². The van der Waals surface area contributed by atoms with Crippen LogP contribution in [0.2, 0.25) is 5.02 Å². The lowest BCUT2D eigenvalue weighted by Crippen LogP contribution is -2.45. The van der Waals surface area contributed by atoms with E-state index in [1.54, 1.807) is 43.3 Å². The fourth-order valence-electron chi connectivity index (χ4n) is 2.68. The van der Waals surface area contributed by atoms with Crippen LogP contribution in [0.5, 0.6) is 5.75 Å². The fraction of sp³-hybridized carbons (Fsp3) is 0.316. The van der Waals surface area contributed by atoms with Gasteiger partial charge in [-0.3, -0.25) is 9.10 Å². The molecule has 0 heterocycles. The molecule has 0 aliphatic rings. The van der Waals surface area contributed by atoms with Gasteiger partial charge in [-0.1, -0.05) is 23.7 Å². The first kappa shape index (κ1) is 21.1. The number of carbonyl (C=O) groups is 1. The molecule has 1 amide bonds. The topological polar surface area (TPSA) is 75.7 Å². The Kier molecular flexibility index (Phi) is 6.73. The molecule has 0 saturated heterocycles. The summed E-state index contributed by atoms with van der Waals surface area (Å²) in [4.78, 5) is 12.7. The lowest BCUT2D eigenvalue weighted by molar-refractivity contribution is -0.116. The molecule has 2 rings (SSSR count). The van der Waals surface area contributed by atoms with E-state index in [1.165, 1.54) is 13.0 Å². The van der Waals surface area contributed by atoms with Crippen LogP contribution in [-0.4, -0.2) is 33.2 Å². The molecule has 0 saturated carbocycles. The maximum atomic E-state index is 12.7. The van der Waals surface area contributed by atoms with Gasteiger partial charge in [0.05, 0.1) is 18.6 Å². The van der Waals surface area contributed by atoms with Crippen LogP contribution < -0.4 is 14.4 Å². The molecule has 2 aromatic carbocycles. The molecule has 0 aliphatic heterocycles. The summed E-state index contributed by atoms with van der Waals surface area (Å²) in [6.07, 6.45) is 1.06. The molecular formula is C19H23ClN2O4S. The third-order valence-electron chi connectivity index (χ3n) is 3.91. The van der Waals surface area contributed by atoms with Gasteiger partial charge < -0.3 is 10.1 Å². The van der Waals surface area contributed by atoms with Crippen LogP contribution in [0.15, 0.2) is 42.5 Å². The van der Waals surface area contributed by atoms with Crippen molar-refractivity contribution in [3.05, 3.63) is 53.1 Å². The number of hydrogen-bond donors (Lipinski definition) is 1. The molecule has 8 heteroatoms. The Balaban J connectivity index is 2.33. The van der Waals surface area contributed by atoms with E-state index in [4.69, 9.17) is 16.3 Å². The molecule has 0 aromatic heterocycles. The summed E-state index contributed by atoms with van der Waals surface area (Å²) in [5.41, 5.74) is 1.59. The van der Waals surface area contributed by atoms with Gasteiger partial charge in [-0.25, -0.2) is 8.42 Å². The zero-order valence-corrected chi connectivity index (χ0v) is 17.3. The van der Waals surface area contributed by atoms with Crippen LogP contribution in [0, 0.1) is 6.92 Å². The summed E-state index contributed by atoms with van der Waals surface area (Å²) >= 11 is 6.04. The Hall–Kier alpha value is -2.25. The predicted octanol–water partition coefficient (Wildman–Crippen LogP) is 3.84. The van der Waals surface area contributed by atoms with Crippen molar-refractivity contribution in [3.63, 3.8) is 0 Å². The summed E-state index contributed by atoms with van der Waals surface area (Å²) in [6.45, 7) is 5.66. The number of nitrogens with one attached hydrogen (secondary N) is 1. The summed E-state index contributed by atoms with van der Waals surface area (Å²) in [6, 6.07) is 10.9. The Bertz CT molecular complexity index is 931. The van der Waals surface area contributed by atoms with E-state index in [1.807, 2.05) is 6.92 Å². The zero-order chi connectivity index (χ0) is 20.2. The molecule has 6 nitrogen and oxygen atoms in total. The minimum Gasteiger partial charge on any atom is -0.494 e. The number of aryl methyl sites for hydroxylation is 1. The number of nitrogens with zero attached hydrogens (tertiary/aromatic N) is 1. The largest absolute Gasteiger partial charge is 0.494 e. The van der Waals surface area contributed by atoms with E-state index in [-0.39, 0.29) is 0 Å². The fourth-order valence-corrected chi connectivity index (χ4v) is 4.07. The van der Waals surface area contributed by atoms with Gasteiger partial charge in [0.2, 0.25) is 15.9 Å². The SMILES string of the molecule is CCOc1cccc(NC(=O)[C@@H](C)N(c2cc(Cl)ccc2C)S(C)(=O)=O)c1. The monoisotopic (exact) mass is 410 g/mol. The average molecular weight is 411 g/mol. The highest BCUT2D eigenvalue weighted by Gasteiger charge is 2.30. The van der Waals surface area contributed by atoms with Crippen LogP contribution in [0.4, 0.5) is 11.4 Å². The lowest BCUT2D eigenvalue weighted by Gasteiger charge is -2.29. The second-order valence-corrected chi connectivity index (χ2v) is 8.41. The number of carbonyl (C=O) groups excluding carboxylic acids is 1. The number of amides is 1. The van der Waals surface area contributed by atoms with E-state index in [0.29, 0.717) is 34.3 Å². The van der Waals surface area contributed by atoms with Crippen molar-refractivity contribution in [1.82, 2.24) is 0 Å². The van der Waals surface area contributed by atoms with Crippen molar-refractivity contribution in [2.24, 2.45) is 0 Å². The van der Waals surface area contributed by atoms with E-state index >= 15 is 0 Å². The van der Waals surface area contributed by atoms with Gasteiger partial charge >= 0.3 is 0 Å². The molecule has 1 atom stereocenters. The standard InChI is InChI=1S/C19H23ClN2O4S/c1-5-26-17-8-6-7-16(12-17)21-19(23)14(3)22(27(4,24)25)18-11-15(20)10-9-13(18)2/h6-12,14H,5H2,1-4H3,(H,21,23)/t14-/m1/s1. The minimum absolute atomic E-state index is 0.371. The quantitative estimate of drug-likeness (QED) is 0.752. The van der Waals surface area contributed by atoms with E-state index in [9.17, 15) is 13.2 Å². The molecule has 0 radical (unpaired) electrons. The molecular weight excluding hydrogens is 388 g/mol. The number of ether oxygens (including phenoxy) is 1. The Labute approximate surface area is 165 Å². The lowest BCUT2D eigenvalue weighted by atomic mass is 10.1. The predicted molar refractivity (Wildman–Crippen MR) is 109 cm³/mol. The summed E-state index contributed by atoms with van der Waals surface area (Å²) in [7, 11) is -3.72. The maximum absolute atomic E-state index is 12.7. The second kappa shape index (κ2) is 8.63. The van der Waals surface area contributed by atoms with Crippen LogP contribution in [0.1, 0.15) is 19.4 Å². The Morgan fingerprint density at radius 1 is 1.26 bits per heavy atom. The second-order valence-electron chi connectivity index (χ2n) is 6.12. The van der Waals surface area contributed by atoms with Crippen molar-refractivity contribution in [3.8, 4) is 5.75 Å². The summed E-state index contributed by atoms with van der Waals surface area (Å²) in [5, 5.41) is 3.13. The molecule has 2 aromatic rings.